The molecular formula is C21H22N2O3S2. The van der Waals surface area contributed by atoms with Gasteiger partial charge < -0.3 is 9.72 Å². The molecule has 4 rings (SSSR count). The quantitative estimate of drug-likeness (QED) is 0.492. The van der Waals surface area contributed by atoms with Crippen LogP contribution in [-0.4, -0.2) is 15.9 Å². The molecule has 0 fully saturated rings. The number of hydrogen-bond donors (Lipinski definition) is 1. The van der Waals surface area contributed by atoms with E-state index in [1.807, 2.05) is 18.4 Å². The highest BCUT2D eigenvalue weighted by atomic mass is 32.1. The zero-order valence-electron chi connectivity index (χ0n) is 16.1. The number of rotatable bonds is 4. The zero-order valence-corrected chi connectivity index (χ0v) is 17.7. The van der Waals surface area contributed by atoms with Gasteiger partial charge in [0.15, 0.2) is 11.9 Å². The second-order valence-electron chi connectivity index (χ2n) is 7.36. The highest BCUT2D eigenvalue weighted by Gasteiger charge is 2.24. The molecule has 2 atom stereocenters. The smallest absolute Gasteiger partial charge is 0.331 e. The van der Waals surface area contributed by atoms with E-state index in [0.29, 0.717) is 17.1 Å². The van der Waals surface area contributed by atoms with Crippen LogP contribution in [0.25, 0.3) is 16.3 Å². The summed E-state index contributed by atoms with van der Waals surface area (Å²) in [6.07, 6.45) is 5.57. The first-order valence-corrected chi connectivity index (χ1v) is 11.1. The molecule has 28 heavy (non-hydrogen) atoms. The molecule has 3 heterocycles. The number of aryl methyl sites for hydroxylation is 2. The lowest BCUT2D eigenvalue weighted by atomic mass is 9.89. The SMILES string of the molecule is Cc1ccsc1/C=C/C(=O)O[C@@H](C)c1nc2sc3c(c2c(=O)[nH]1)CC[C@@H](C)C3. The predicted octanol–water partition coefficient (Wildman–Crippen LogP) is 4.80. The molecule has 0 aliphatic heterocycles. The van der Waals surface area contributed by atoms with Crippen molar-refractivity contribution >= 4 is 44.9 Å². The summed E-state index contributed by atoms with van der Waals surface area (Å²) in [5.74, 6) is 0.568. The third-order valence-corrected chi connectivity index (χ3v) is 7.27. The summed E-state index contributed by atoms with van der Waals surface area (Å²) in [4.78, 5) is 35.3. The average Bonchev–Trinajstić information content (AvgIpc) is 3.22. The predicted molar refractivity (Wildman–Crippen MR) is 114 cm³/mol. The second-order valence-corrected chi connectivity index (χ2v) is 9.39. The minimum Gasteiger partial charge on any atom is -0.451 e. The Kier molecular flexibility index (Phi) is 5.21. The van der Waals surface area contributed by atoms with Gasteiger partial charge in [-0.3, -0.25) is 4.79 Å². The Morgan fingerprint density at radius 1 is 1.46 bits per heavy atom. The lowest BCUT2D eigenvalue weighted by Crippen LogP contribution is -2.17. The van der Waals surface area contributed by atoms with Gasteiger partial charge in [0.1, 0.15) is 4.83 Å². The summed E-state index contributed by atoms with van der Waals surface area (Å²) in [6.45, 7) is 5.96. The summed E-state index contributed by atoms with van der Waals surface area (Å²) in [5.41, 5.74) is 2.13. The van der Waals surface area contributed by atoms with Gasteiger partial charge in [0.2, 0.25) is 0 Å². The van der Waals surface area contributed by atoms with Crippen LogP contribution < -0.4 is 5.56 Å². The number of aromatic amines is 1. The lowest BCUT2D eigenvalue weighted by Gasteiger charge is -2.17. The van der Waals surface area contributed by atoms with Crippen LogP contribution in [0.4, 0.5) is 0 Å². The monoisotopic (exact) mass is 414 g/mol. The van der Waals surface area contributed by atoms with Gasteiger partial charge in [0.25, 0.3) is 5.56 Å². The Morgan fingerprint density at radius 2 is 2.29 bits per heavy atom. The molecule has 0 bridgehead atoms. The number of carbonyl (C=O) groups is 1. The van der Waals surface area contributed by atoms with Crippen LogP contribution in [0.3, 0.4) is 0 Å². The van der Waals surface area contributed by atoms with E-state index in [-0.39, 0.29) is 5.56 Å². The van der Waals surface area contributed by atoms with E-state index in [1.54, 1.807) is 35.7 Å². The van der Waals surface area contributed by atoms with Gasteiger partial charge in [-0.15, -0.1) is 22.7 Å². The molecular weight excluding hydrogens is 392 g/mol. The minimum atomic E-state index is -0.628. The molecule has 3 aromatic heterocycles. The van der Waals surface area contributed by atoms with Crippen molar-refractivity contribution in [2.45, 2.75) is 46.1 Å². The summed E-state index contributed by atoms with van der Waals surface area (Å²) < 4.78 is 5.45. The van der Waals surface area contributed by atoms with Crippen LogP contribution in [-0.2, 0) is 22.4 Å². The number of nitrogens with zero attached hydrogens (tertiary/aromatic N) is 1. The van der Waals surface area contributed by atoms with Gasteiger partial charge in [-0.25, -0.2) is 9.78 Å². The molecule has 0 radical (unpaired) electrons. The van der Waals surface area contributed by atoms with E-state index in [9.17, 15) is 9.59 Å². The third-order valence-electron chi connectivity index (χ3n) is 5.13. The van der Waals surface area contributed by atoms with Crippen LogP contribution in [0.5, 0.6) is 0 Å². The highest BCUT2D eigenvalue weighted by Crippen LogP contribution is 2.36. The van der Waals surface area contributed by atoms with Crippen molar-refractivity contribution in [3.63, 3.8) is 0 Å². The molecule has 0 unspecified atom stereocenters. The molecule has 0 amide bonds. The van der Waals surface area contributed by atoms with Crippen LogP contribution in [0.2, 0.25) is 0 Å². The number of carbonyl (C=O) groups excluding carboxylic acids is 1. The number of nitrogens with one attached hydrogen (secondary N) is 1. The summed E-state index contributed by atoms with van der Waals surface area (Å²) in [6, 6.07) is 2.00. The van der Waals surface area contributed by atoms with Gasteiger partial charge in [-0.05, 0) is 67.7 Å². The molecule has 1 aliphatic rings. The van der Waals surface area contributed by atoms with Gasteiger partial charge in [0, 0.05) is 15.8 Å². The molecule has 0 saturated heterocycles. The fourth-order valence-electron chi connectivity index (χ4n) is 3.53. The Hall–Kier alpha value is -2.25. The van der Waals surface area contributed by atoms with Crippen molar-refractivity contribution in [1.29, 1.82) is 0 Å². The largest absolute Gasteiger partial charge is 0.451 e. The first-order valence-electron chi connectivity index (χ1n) is 9.39. The molecule has 0 aromatic carbocycles. The maximum atomic E-state index is 12.7. The van der Waals surface area contributed by atoms with Gasteiger partial charge >= 0.3 is 5.97 Å². The highest BCUT2D eigenvalue weighted by molar-refractivity contribution is 7.18. The number of fused-ring (bicyclic) bond motifs is 3. The maximum Gasteiger partial charge on any atom is 0.331 e. The number of hydrogen-bond acceptors (Lipinski definition) is 6. The maximum absolute atomic E-state index is 12.7. The molecule has 146 valence electrons. The van der Waals surface area contributed by atoms with Crippen LogP contribution in [0.15, 0.2) is 22.3 Å². The third kappa shape index (κ3) is 3.69. The Bertz CT molecular complexity index is 1120. The van der Waals surface area contributed by atoms with Crippen molar-refractivity contribution < 1.29 is 9.53 Å². The summed E-state index contributed by atoms with van der Waals surface area (Å²) in [5, 5.41) is 2.69. The Morgan fingerprint density at radius 3 is 3.04 bits per heavy atom. The van der Waals surface area contributed by atoms with Crippen LogP contribution in [0.1, 0.15) is 53.1 Å². The second kappa shape index (κ2) is 7.64. The van der Waals surface area contributed by atoms with E-state index in [2.05, 4.69) is 16.9 Å². The van der Waals surface area contributed by atoms with Crippen LogP contribution >= 0.6 is 22.7 Å². The molecule has 7 heteroatoms. The Balaban J connectivity index is 1.55. The van der Waals surface area contributed by atoms with E-state index in [4.69, 9.17) is 4.74 Å². The molecule has 5 nitrogen and oxygen atoms in total. The van der Waals surface area contributed by atoms with E-state index in [1.165, 1.54) is 11.0 Å². The fraction of sp³-hybridized carbons (Fsp3) is 0.381. The molecule has 0 saturated carbocycles. The molecule has 1 aliphatic carbocycles. The van der Waals surface area contributed by atoms with E-state index < -0.39 is 12.1 Å². The van der Waals surface area contributed by atoms with Crippen molar-refractivity contribution in [3.8, 4) is 0 Å². The zero-order chi connectivity index (χ0) is 19.8. The molecule has 3 aromatic rings. The lowest BCUT2D eigenvalue weighted by molar-refractivity contribution is -0.142. The number of H-pyrrole nitrogens is 1. The number of esters is 1. The number of aromatic nitrogens is 2. The molecule has 1 N–H and O–H groups in total. The number of thiophene rings is 2. The van der Waals surface area contributed by atoms with Crippen molar-refractivity contribution in [2.75, 3.05) is 0 Å². The van der Waals surface area contributed by atoms with Gasteiger partial charge in [-0.2, -0.15) is 0 Å². The minimum absolute atomic E-state index is 0.139. The van der Waals surface area contributed by atoms with Gasteiger partial charge in [0.05, 0.1) is 5.39 Å². The first-order chi connectivity index (χ1) is 13.4. The van der Waals surface area contributed by atoms with Crippen molar-refractivity contribution in [1.82, 2.24) is 9.97 Å². The normalized spacial score (nSPS) is 17.8. The summed E-state index contributed by atoms with van der Waals surface area (Å²) in [7, 11) is 0. The topological polar surface area (TPSA) is 72.0 Å². The van der Waals surface area contributed by atoms with E-state index >= 15 is 0 Å². The average molecular weight is 415 g/mol. The van der Waals surface area contributed by atoms with Crippen molar-refractivity contribution in [3.05, 3.63) is 54.6 Å². The van der Waals surface area contributed by atoms with Gasteiger partial charge in [-0.1, -0.05) is 6.92 Å². The first kappa shape index (κ1) is 19.1. The van der Waals surface area contributed by atoms with Crippen molar-refractivity contribution in [2.24, 2.45) is 5.92 Å². The molecule has 0 spiro atoms. The Labute approximate surface area is 171 Å². The summed E-state index contributed by atoms with van der Waals surface area (Å²) >= 11 is 3.16. The van der Waals surface area contributed by atoms with E-state index in [0.717, 1.165) is 40.1 Å². The number of ether oxygens (including phenoxy) is 1. The fourth-order valence-corrected chi connectivity index (χ4v) is 5.74. The standard InChI is InChI=1S/C21H22N2O3S2/c1-11-4-5-14-16(10-11)28-21-18(14)20(25)22-19(23-21)13(3)26-17(24)7-6-15-12(2)8-9-27-15/h6-9,11,13H,4-5,10H2,1-3H3,(H,22,23,25)/b7-6+/t11-,13+/m1/s1. The van der Waals surface area contributed by atoms with Crippen LogP contribution in [0, 0.1) is 12.8 Å².